The molecule has 0 saturated heterocycles. The minimum atomic E-state index is 0.290. The van der Waals surface area contributed by atoms with E-state index in [1.54, 1.807) is 0 Å². The Bertz CT molecular complexity index is 303. The third-order valence-electron chi connectivity index (χ3n) is 3.31. The van der Waals surface area contributed by atoms with Crippen molar-refractivity contribution in [1.82, 2.24) is 5.32 Å². The minimum Gasteiger partial charge on any atom is -0.396 e. The summed E-state index contributed by atoms with van der Waals surface area (Å²) in [4.78, 5) is 2.32. The third-order valence-corrected chi connectivity index (χ3v) is 3.31. The summed E-state index contributed by atoms with van der Waals surface area (Å²) in [5.74, 6) is 0. The quantitative estimate of drug-likeness (QED) is 0.603. The van der Waals surface area contributed by atoms with Gasteiger partial charge in [-0.25, -0.2) is 0 Å². The normalized spacial score (nSPS) is 10.6. The molecule has 0 aliphatic carbocycles. The molecule has 1 aromatic carbocycles. The van der Waals surface area contributed by atoms with Crippen molar-refractivity contribution in [1.29, 1.82) is 0 Å². The molecule has 19 heavy (non-hydrogen) atoms. The lowest BCUT2D eigenvalue weighted by Crippen LogP contribution is -2.19. The maximum Gasteiger partial charge on any atom is 0.0443 e. The van der Waals surface area contributed by atoms with Crippen LogP contribution in [0, 0.1) is 0 Å². The lowest BCUT2D eigenvalue weighted by atomic mass is 10.2. The van der Waals surface area contributed by atoms with Crippen LogP contribution in [0.15, 0.2) is 30.3 Å². The molecule has 3 heteroatoms. The number of hydrogen-bond donors (Lipinski definition) is 2. The Balaban J connectivity index is 1.93. The van der Waals surface area contributed by atoms with Gasteiger partial charge >= 0.3 is 0 Å². The average Bonchev–Trinajstić information content (AvgIpc) is 2.46. The first-order valence-corrected chi connectivity index (χ1v) is 7.42. The summed E-state index contributed by atoms with van der Waals surface area (Å²) in [6.45, 7) is 3.43. The molecule has 0 radical (unpaired) electrons. The van der Waals surface area contributed by atoms with Gasteiger partial charge in [0.1, 0.15) is 0 Å². The van der Waals surface area contributed by atoms with Crippen molar-refractivity contribution in [3.05, 3.63) is 30.3 Å². The first kappa shape index (κ1) is 16.0. The van der Waals surface area contributed by atoms with Gasteiger partial charge in [0.05, 0.1) is 0 Å². The molecule has 0 heterocycles. The summed E-state index contributed by atoms with van der Waals surface area (Å²) in [5.41, 5.74) is 1.30. The highest BCUT2D eigenvalue weighted by molar-refractivity contribution is 5.44. The van der Waals surface area contributed by atoms with E-state index in [2.05, 4.69) is 47.6 Å². The van der Waals surface area contributed by atoms with E-state index in [1.165, 1.54) is 31.4 Å². The summed E-state index contributed by atoms with van der Waals surface area (Å²) < 4.78 is 0. The Morgan fingerprint density at radius 1 is 0.947 bits per heavy atom. The molecule has 0 bridgehead atoms. The highest BCUT2D eigenvalue weighted by Crippen LogP contribution is 2.12. The minimum absolute atomic E-state index is 0.290. The number of aliphatic hydroxyl groups is 1. The fourth-order valence-corrected chi connectivity index (χ4v) is 2.09. The van der Waals surface area contributed by atoms with Crippen LogP contribution in [-0.4, -0.2) is 38.4 Å². The fraction of sp³-hybridized carbons (Fsp3) is 0.625. The van der Waals surface area contributed by atoms with Gasteiger partial charge in [0.2, 0.25) is 0 Å². The van der Waals surface area contributed by atoms with Gasteiger partial charge in [-0.05, 0) is 44.5 Å². The highest BCUT2D eigenvalue weighted by atomic mass is 16.3. The van der Waals surface area contributed by atoms with Crippen molar-refractivity contribution >= 4 is 5.69 Å². The molecule has 1 aromatic rings. The van der Waals surface area contributed by atoms with E-state index in [1.807, 2.05) is 0 Å². The smallest absolute Gasteiger partial charge is 0.0443 e. The van der Waals surface area contributed by atoms with Crippen LogP contribution in [0.3, 0.4) is 0 Å². The molecule has 0 amide bonds. The van der Waals surface area contributed by atoms with Crippen molar-refractivity contribution < 1.29 is 5.11 Å². The van der Waals surface area contributed by atoms with Crippen LogP contribution in [0.5, 0.6) is 0 Å². The second kappa shape index (κ2) is 10.8. The average molecular weight is 264 g/mol. The number of nitrogens with one attached hydrogen (secondary N) is 1. The standard InChI is InChI=1S/C16H28N2O/c1-18(16-10-5-4-6-11-16)14-8-3-2-7-12-17-13-9-15-19/h4-6,10-11,17,19H,2-3,7-9,12-15H2,1H3. The SMILES string of the molecule is CN(CCCCCCNCCCO)c1ccccc1. The van der Waals surface area contributed by atoms with Crippen LogP contribution in [0.25, 0.3) is 0 Å². The maximum absolute atomic E-state index is 8.64. The van der Waals surface area contributed by atoms with Crippen LogP contribution < -0.4 is 10.2 Å². The van der Waals surface area contributed by atoms with Gasteiger partial charge in [-0.3, -0.25) is 0 Å². The molecular formula is C16H28N2O. The number of anilines is 1. The lowest BCUT2D eigenvalue weighted by molar-refractivity contribution is 0.286. The highest BCUT2D eigenvalue weighted by Gasteiger charge is 1.98. The lowest BCUT2D eigenvalue weighted by Gasteiger charge is -2.18. The second-order valence-corrected chi connectivity index (χ2v) is 5.00. The zero-order chi connectivity index (χ0) is 13.8. The van der Waals surface area contributed by atoms with Gasteiger partial charge in [-0.15, -0.1) is 0 Å². The summed E-state index contributed by atoms with van der Waals surface area (Å²) >= 11 is 0. The van der Waals surface area contributed by atoms with Gasteiger partial charge in [-0.1, -0.05) is 31.0 Å². The van der Waals surface area contributed by atoms with E-state index in [-0.39, 0.29) is 0 Å². The van der Waals surface area contributed by atoms with E-state index >= 15 is 0 Å². The van der Waals surface area contributed by atoms with E-state index in [0.717, 1.165) is 26.1 Å². The topological polar surface area (TPSA) is 35.5 Å². The molecule has 0 aromatic heterocycles. The molecule has 0 fully saturated rings. The molecule has 1 rings (SSSR count). The third kappa shape index (κ3) is 7.85. The molecule has 0 spiro atoms. The molecule has 2 N–H and O–H groups in total. The van der Waals surface area contributed by atoms with Crippen LogP contribution in [0.4, 0.5) is 5.69 Å². The van der Waals surface area contributed by atoms with Crippen LogP contribution >= 0.6 is 0 Å². The molecule has 108 valence electrons. The van der Waals surface area contributed by atoms with E-state index in [0.29, 0.717) is 6.61 Å². The Morgan fingerprint density at radius 3 is 2.37 bits per heavy atom. The molecular weight excluding hydrogens is 236 g/mol. The summed E-state index contributed by atoms with van der Waals surface area (Å²) in [7, 11) is 2.16. The molecule has 3 nitrogen and oxygen atoms in total. The van der Waals surface area contributed by atoms with E-state index < -0.39 is 0 Å². The van der Waals surface area contributed by atoms with E-state index in [9.17, 15) is 0 Å². The predicted molar refractivity (Wildman–Crippen MR) is 82.8 cm³/mol. The van der Waals surface area contributed by atoms with Gasteiger partial charge in [0.15, 0.2) is 0 Å². The number of benzene rings is 1. The van der Waals surface area contributed by atoms with Crippen LogP contribution in [-0.2, 0) is 0 Å². The monoisotopic (exact) mass is 264 g/mol. The van der Waals surface area contributed by atoms with Crippen molar-refractivity contribution in [2.45, 2.75) is 32.1 Å². The predicted octanol–water partition coefficient (Wildman–Crippen LogP) is 2.66. The van der Waals surface area contributed by atoms with Gasteiger partial charge in [0, 0.05) is 25.9 Å². The molecule has 0 unspecified atom stereocenters. The second-order valence-electron chi connectivity index (χ2n) is 5.00. The van der Waals surface area contributed by atoms with Gasteiger partial charge in [-0.2, -0.15) is 0 Å². The molecule has 0 atom stereocenters. The number of unbranched alkanes of at least 4 members (excludes halogenated alkanes) is 3. The van der Waals surface area contributed by atoms with Crippen LogP contribution in [0.1, 0.15) is 32.1 Å². The summed E-state index contributed by atoms with van der Waals surface area (Å²) in [6.07, 6.45) is 5.93. The molecule has 0 aliphatic heterocycles. The number of aliphatic hydroxyl groups excluding tert-OH is 1. The first-order valence-electron chi connectivity index (χ1n) is 7.42. The Kier molecular flexibility index (Phi) is 9.11. The number of rotatable bonds is 11. The van der Waals surface area contributed by atoms with Crippen LogP contribution in [0.2, 0.25) is 0 Å². The molecule has 0 aliphatic rings. The number of hydrogen-bond acceptors (Lipinski definition) is 3. The van der Waals surface area contributed by atoms with Crippen molar-refractivity contribution in [3.8, 4) is 0 Å². The Morgan fingerprint density at radius 2 is 1.63 bits per heavy atom. The van der Waals surface area contributed by atoms with E-state index in [4.69, 9.17) is 5.11 Å². The zero-order valence-corrected chi connectivity index (χ0v) is 12.1. The Labute approximate surface area is 117 Å². The van der Waals surface area contributed by atoms with Crippen molar-refractivity contribution in [3.63, 3.8) is 0 Å². The Hall–Kier alpha value is -1.06. The zero-order valence-electron chi connectivity index (χ0n) is 12.1. The number of nitrogens with zero attached hydrogens (tertiary/aromatic N) is 1. The molecule has 0 saturated carbocycles. The largest absolute Gasteiger partial charge is 0.396 e. The van der Waals surface area contributed by atoms with Gasteiger partial charge < -0.3 is 15.3 Å². The maximum atomic E-state index is 8.64. The first-order chi connectivity index (χ1) is 9.34. The fourth-order valence-electron chi connectivity index (χ4n) is 2.09. The van der Waals surface area contributed by atoms with Crippen molar-refractivity contribution in [2.24, 2.45) is 0 Å². The summed E-state index contributed by atoms with van der Waals surface area (Å²) in [5, 5.41) is 12.0. The van der Waals surface area contributed by atoms with Crippen molar-refractivity contribution in [2.75, 3.05) is 38.2 Å². The summed E-state index contributed by atoms with van der Waals surface area (Å²) in [6, 6.07) is 10.5. The number of para-hydroxylation sites is 1. The van der Waals surface area contributed by atoms with Gasteiger partial charge in [0.25, 0.3) is 0 Å².